The molecule has 0 amide bonds. The van der Waals surface area contributed by atoms with Crippen LogP contribution in [0.4, 0.5) is 0 Å². The van der Waals surface area contributed by atoms with Crippen LogP contribution in [0.2, 0.25) is 0 Å². The van der Waals surface area contributed by atoms with Crippen LogP contribution in [0.25, 0.3) is 0 Å². The molecule has 1 fully saturated rings. The average Bonchev–Trinajstić information content (AvgIpc) is 2.39. The highest BCUT2D eigenvalue weighted by Gasteiger charge is 2.34. The zero-order valence-electron chi connectivity index (χ0n) is 11.4. The fourth-order valence-corrected chi connectivity index (χ4v) is 2.98. The van der Waals surface area contributed by atoms with Crippen LogP contribution in [0.3, 0.4) is 0 Å². The van der Waals surface area contributed by atoms with Crippen molar-refractivity contribution in [1.29, 1.82) is 0 Å². The van der Waals surface area contributed by atoms with Gasteiger partial charge in [0.15, 0.2) is 0 Å². The topological polar surface area (TPSA) is 38.3 Å². The number of nitrogens with one attached hydrogen (secondary N) is 1. The molecule has 0 bridgehead atoms. The van der Waals surface area contributed by atoms with E-state index in [9.17, 15) is 4.79 Å². The molecule has 1 aromatic rings. The van der Waals surface area contributed by atoms with E-state index in [0.29, 0.717) is 11.5 Å². The number of esters is 1. The minimum atomic E-state index is -0.425. The molecule has 1 aromatic carbocycles. The second-order valence-electron chi connectivity index (χ2n) is 5.55. The molecule has 1 heterocycles. The van der Waals surface area contributed by atoms with Gasteiger partial charge in [-0.2, -0.15) is 0 Å². The fraction of sp³-hybridized carbons (Fsp3) is 0.533. The summed E-state index contributed by atoms with van der Waals surface area (Å²) in [7, 11) is 0. The van der Waals surface area contributed by atoms with Gasteiger partial charge < -0.3 is 10.1 Å². The maximum absolute atomic E-state index is 12.2. The summed E-state index contributed by atoms with van der Waals surface area (Å²) in [5.41, 5.74) is 0.204. The largest absolute Gasteiger partial charge is 0.456 e. The van der Waals surface area contributed by atoms with E-state index in [-0.39, 0.29) is 5.97 Å². The Hall–Kier alpha value is -0.620. The van der Waals surface area contributed by atoms with E-state index in [1.807, 2.05) is 32.0 Å². The van der Waals surface area contributed by atoms with E-state index in [0.717, 1.165) is 29.5 Å². The summed E-state index contributed by atoms with van der Waals surface area (Å²) < 4.78 is 6.78. The van der Waals surface area contributed by atoms with Crippen molar-refractivity contribution >= 4 is 28.6 Å². The van der Waals surface area contributed by atoms with E-state index in [2.05, 4.69) is 27.9 Å². The monoisotopic (exact) mass is 373 g/mol. The molecule has 1 N–H and O–H groups in total. The van der Waals surface area contributed by atoms with Crippen LogP contribution in [-0.2, 0) is 4.74 Å². The van der Waals surface area contributed by atoms with Crippen LogP contribution in [0, 0.1) is 9.49 Å². The molecular weight excluding hydrogens is 353 g/mol. The number of hydrogen-bond acceptors (Lipinski definition) is 3. The molecular formula is C15H20INO2. The van der Waals surface area contributed by atoms with Gasteiger partial charge in [0.05, 0.1) is 5.56 Å². The maximum atomic E-state index is 12.2. The lowest BCUT2D eigenvalue weighted by Crippen LogP contribution is -2.45. The normalized spacial score (nSPS) is 20.1. The molecule has 0 radical (unpaired) electrons. The molecule has 4 heteroatoms. The van der Waals surface area contributed by atoms with Crippen LogP contribution in [0.1, 0.15) is 37.0 Å². The quantitative estimate of drug-likeness (QED) is 0.653. The van der Waals surface area contributed by atoms with Gasteiger partial charge in [-0.15, -0.1) is 0 Å². The minimum Gasteiger partial charge on any atom is -0.456 e. The first-order valence-corrected chi connectivity index (χ1v) is 7.76. The van der Waals surface area contributed by atoms with Crippen molar-refractivity contribution in [3.05, 3.63) is 33.4 Å². The number of hydrogen-bond donors (Lipinski definition) is 1. The number of ether oxygens (including phenoxy) is 1. The molecule has 0 spiro atoms. The first-order valence-electron chi connectivity index (χ1n) is 6.69. The zero-order valence-corrected chi connectivity index (χ0v) is 13.6. The number of benzene rings is 1. The Morgan fingerprint density at radius 1 is 1.47 bits per heavy atom. The van der Waals surface area contributed by atoms with Gasteiger partial charge >= 0.3 is 5.97 Å². The third-order valence-corrected chi connectivity index (χ3v) is 4.37. The Morgan fingerprint density at radius 2 is 2.26 bits per heavy atom. The van der Waals surface area contributed by atoms with E-state index in [1.165, 1.54) is 0 Å². The number of carbonyl (C=O) groups excluding carboxylic acids is 1. The standard InChI is InChI=1S/C15H20INO2/c1-15(2,12-6-4-8-17-10-12)19-14(18)11-5-3-7-13(16)9-11/h3,5,7,9,12,17H,4,6,8,10H2,1-2H3. The Bertz CT molecular complexity index is 453. The van der Waals surface area contributed by atoms with E-state index >= 15 is 0 Å². The first kappa shape index (κ1) is 14.8. The molecule has 1 aliphatic heterocycles. The fourth-order valence-electron chi connectivity index (χ4n) is 2.44. The lowest BCUT2D eigenvalue weighted by Gasteiger charge is -2.36. The third kappa shape index (κ3) is 3.92. The van der Waals surface area contributed by atoms with Crippen molar-refractivity contribution in [2.45, 2.75) is 32.3 Å². The van der Waals surface area contributed by atoms with Crippen molar-refractivity contribution < 1.29 is 9.53 Å². The Balaban J connectivity index is 2.04. The summed E-state index contributed by atoms with van der Waals surface area (Å²) in [5.74, 6) is 0.155. The molecule has 1 saturated heterocycles. The predicted octanol–water partition coefficient (Wildman–Crippen LogP) is 3.23. The van der Waals surface area contributed by atoms with Crippen molar-refractivity contribution in [2.24, 2.45) is 5.92 Å². The summed E-state index contributed by atoms with van der Waals surface area (Å²) in [6, 6.07) is 7.51. The summed E-state index contributed by atoms with van der Waals surface area (Å²) >= 11 is 2.20. The van der Waals surface area contributed by atoms with Crippen LogP contribution in [-0.4, -0.2) is 24.7 Å². The van der Waals surface area contributed by atoms with E-state index in [1.54, 1.807) is 6.07 Å². The van der Waals surface area contributed by atoms with Gasteiger partial charge in [0, 0.05) is 16.0 Å². The number of piperidine rings is 1. The van der Waals surface area contributed by atoms with Gasteiger partial charge in [-0.3, -0.25) is 0 Å². The van der Waals surface area contributed by atoms with Crippen LogP contribution < -0.4 is 5.32 Å². The van der Waals surface area contributed by atoms with Crippen molar-refractivity contribution in [3.8, 4) is 0 Å². The number of carbonyl (C=O) groups is 1. The van der Waals surface area contributed by atoms with E-state index < -0.39 is 5.60 Å². The smallest absolute Gasteiger partial charge is 0.338 e. The molecule has 0 saturated carbocycles. The minimum absolute atomic E-state index is 0.228. The molecule has 1 atom stereocenters. The van der Waals surface area contributed by atoms with Gasteiger partial charge in [-0.1, -0.05) is 6.07 Å². The SMILES string of the molecule is CC(C)(OC(=O)c1cccc(I)c1)C1CCCNC1. The summed E-state index contributed by atoms with van der Waals surface area (Å²) in [4.78, 5) is 12.2. The highest BCUT2D eigenvalue weighted by atomic mass is 127. The second-order valence-corrected chi connectivity index (χ2v) is 6.79. The number of rotatable bonds is 3. The van der Waals surface area contributed by atoms with Gasteiger partial charge in [-0.05, 0) is 74.0 Å². The Kier molecular flexibility index (Phi) is 4.84. The highest BCUT2D eigenvalue weighted by molar-refractivity contribution is 14.1. The molecule has 19 heavy (non-hydrogen) atoms. The highest BCUT2D eigenvalue weighted by Crippen LogP contribution is 2.28. The van der Waals surface area contributed by atoms with Crippen LogP contribution >= 0.6 is 22.6 Å². The summed E-state index contributed by atoms with van der Waals surface area (Å²) in [6.07, 6.45) is 2.26. The Morgan fingerprint density at radius 3 is 2.89 bits per heavy atom. The van der Waals surface area contributed by atoms with Gasteiger partial charge in [-0.25, -0.2) is 4.79 Å². The van der Waals surface area contributed by atoms with Gasteiger partial charge in [0.1, 0.15) is 5.60 Å². The second kappa shape index (κ2) is 6.22. The molecule has 0 aromatic heterocycles. The lowest BCUT2D eigenvalue weighted by molar-refractivity contribution is -0.0350. The van der Waals surface area contributed by atoms with Gasteiger partial charge in [0.25, 0.3) is 0 Å². The third-order valence-electron chi connectivity index (χ3n) is 3.70. The van der Waals surface area contributed by atoms with Crippen LogP contribution in [0.15, 0.2) is 24.3 Å². The number of halogens is 1. The summed E-state index contributed by atoms with van der Waals surface area (Å²) in [5, 5.41) is 3.37. The average molecular weight is 373 g/mol. The maximum Gasteiger partial charge on any atom is 0.338 e. The van der Waals surface area contributed by atoms with Crippen LogP contribution in [0.5, 0.6) is 0 Å². The molecule has 0 aliphatic carbocycles. The molecule has 3 nitrogen and oxygen atoms in total. The lowest BCUT2D eigenvalue weighted by atomic mass is 9.84. The molecule has 104 valence electrons. The van der Waals surface area contributed by atoms with Crippen molar-refractivity contribution in [3.63, 3.8) is 0 Å². The first-order chi connectivity index (χ1) is 8.99. The zero-order chi connectivity index (χ0) is 13.9. The van der Waals surface area contributed by atoms with Crippen molar-refractivity contribution in [2.75, 3.05) is 13.1 Å². The van der Waals surface area contributed by atoms with Gasteiger partial charge in [0.2, 0.25) is 0 Å². The Labute approximate surface area is 128 Å². The predicted molar refractivity (Wildman–Crippen MR) is 84.2 cm³/mol. The molecule has 2 rings (SSSR count). The molecule has 1 aliphatic rings. The van der Waals surface area contributed by atoms with Crippen molar-refractivity contribution in [1.82, 2.24) is 5.32 Å². The molecule has 1 unspecified atom stereocenters. The summed E-state index contributed by atoms with van der Waals surface area (Å²) in [6.45, 7) is 6.01. The van der Waals surface area contributed by atoms with E-state index in [4.69, 9.17) is 4.74 Å².